The highest BCUT2D eigenvalue weighted by Crippen LogP contribution is 2.52. The molecule has 12 bridgehead atoms. The maximum Gasteiger partial charge on any atom is 0.410 e. The van der Waals surface area contributed by atoms with Gasteiger partial charge in [-0.05, 0) is 390 Å². The first-order valence-electron chi connectivity index (χ1n) is 62.4. The van der Waals surface area contributed by atoms with Gasteiger partial charge in [-0.1, -0.05) is 11.8 Å². The van der Waals surface area contributed by atoms with Crippen molar-refractivity contribution in [2.24, 2.45) is 32.5 Å². The van der Waals surface area contributed by atoms with Crippen LogP contribution in [-0.4, -0.2) is 420 Å². The molecule has 828 valence electrons. The maximum atomic E-state index is 12.6. The summed E-state index contributed by atoms with van der Waals surface area (Å²) in [5.41, 5.74) is 1.07. The summed E-state index contributed by atoms with van der Waals surface area (Å²) in [6, 6.07) is 5.99. The van der Waals surface area contributed by atoms with Crippen molar-refractivity contribution in [3.63, 3.8) is 0 Å². The van der Waals surface area contributed by atoms with Crippen LogP contribution in [0.4, 0.5) is 28.8 Å². The molecule has 148 heavy (non-hydrogen) atoms. The van der Waals surface area contributed by atoms with Crippen molar-refractivity contribution < 1.29 is 99.7 Å². The molecule has 12 atom stereocenters. The number of nitrogens with one attached hydrogen (secondary N) is 5. The van der Waals surface area contributed by atoms with Gasteiger partial charge in [0.15, 0.2) is 0 Å². The summed E-state index contributed by atoms with van der Waals surface area (Å²) in [6.07, 6.45) is 41.3. The average Bonchev–Trinajstić information content (AvgIpc) is 1.59. The molecule has 0 aromatic carbocycles. The molecule has 37 heteroatoms. The van der Waals surface area contributed by atoms with Gasteiger partial charge in [0.25, 0.3) is 5.24 Å². The number of rotatable bonds is 14. The Bertz CT molecular complexity index is 5000. The number of hydrogen-bond acceptors (Lipinski definition) is 25. The molecule has 24 rings (SSSR count). The van der Waals surface area contributed by atoms with Crippen LogP contribution >= 0.6 is 11.8 Å². The molecule has 0 aromatic heterocycles. The Kier molecular flexibility index (Phi) is 30.8. The SMILES string of the molecule is CC(C)OC(=O)N1C2CCC1CC(N1CCC3(CC1)CNC(=O)C3)C2.CCOC(=O)N1C2CCC1CC(N1CCC3(CC1)CC(=O)N(CCOC)C3)C2.CSC(=O)N1C2CCC1CC(N1CCC3(CC1)CNC(=O)C3)C2.[2H]C([2H])(C)OC(=O)N1C2CCC1CC(N1CCC3(CC1)CNC(=O)C3)C2.[2H]C([2H])([2H])C([2H])([2H])OC(=O)N1C2CCC1CC(N1CCC3(CC1)CNC(=O)C3)C2.[2H]C([2H])([2H])COC(=O)N1C2CCC1CC(N1CCC3(CC1)CNC(=O)C3)C2. The van der Waals surface area contributed by atoms with E-state index >= 15 is 0 Å². The lowest BCUT2D eigenvalue weighted by atomic mass is 9.77. The van der Waals surface area contributed by atoms with Crippen LogP contribution < -0.4 is 26.6 Å². The van der Waals surface area contributed by atoms with E-state index < -0.39 is 51.7 Å². The highest BCUT2D eigenvalue weighted by molar-refractivity contribution is 8.12. The zero-order valence-electron chi connectivity index (χ0n) is 99.3. The first kappa shape index (κ1) is 96.5. The minimum absolute atomic E-state index is 0.0377. The standard InChI is InChI=1S/C21H35N3O4.C19H31N3O3.3C18H29N3O3.C17H27N3O2S/c1-3-28-20(26)24-16-4-5-17(24)13-18(12-16)22-8-6-21(7-9-22)14-19(25)23(15-21)10-11-27-2;1-13(2)25-18(24)22-14-3-4-15(22)10-16(9-14)21-7-5-19(6-8-21)11-17(23)20-12-19;3*1-2-24-17(23)21-13-3-4-14(21)10-15(9-13)20-7-5-18(6-8-20)11-16(22)19-12-18;1-23-16(22)20-12-2-3-13(20)9-14(8-12)19-6-4-17(5-7-19)10-15(21)18-11-17/h16-18H,3-15H2,1-2H3;13-16H,3-12H2,1-2H3,(H,20,23);3*13-15H,2-12H2,1H3,(H,19,22);12-14H,2-11H2,1H3,(H,18,21)/i;;1D3,2D2;2D2;1D3;. The van der Waals surface area contributed by atoms with E-state index in [4.69, 9.17) is 42.1 Å². The van der Waals surface area contributed by atoms with Crippen molar-refractivity contribution in [1.82, 2.24) is 90.3 Å². The molecule has 24 aliphatic rings. The van der Waals surface area contributed by atoms with E-state index in [9.17, 15) is 57.5 Å². The third kappa shape index (κ3) is 24.2. The molecule has 0 radical (unpaired) electrons. The van der Waals surface area contributed by atoms with Gasteiger partial charge in [-0.3, -0.25) is 33.6 Å². The summed E-state index contributed by atoms with van der Waals surface area (Å²) in [5.74, 6) is 1.29. The molecule has 0 saturated carbocycles. The Labute approximate surface area is 897 Å². The van der Waals surface area contributed by atoms with Gasteiger partial charge in [0, 0.05) is 208 Å². The lowest BCUT2D eigenvalue weighted by Crippen LogP contribution is -2.55. The number of ether oxygens (including phenoxy) is 6. The number of methoxy groups -OCH3 is 1. The van der Waals surface area contributed by atoms with Gasteiger partial charge in [0.2, 0.25) is 35.4 Å². The summed E-state index contributed by atoms with van der Waals surface area (Å²) in [4.78, 5) is 173. The maximum absolute atomic E-state index is 12.6. The number of amides is 12. The van der Waals surface area contributed by atoms with Crippen LogP contribution in [0.15, 0.2) is 0 Å². The molecule has 24 aliphatic heterocycles. The first-order chi connectivity index (χ1) is 75.1. The smallest absolute Gasteiger partial charge is 0.410 e. The van der Waals surface area contributed by atoms with Crippen LogP contribution in [-0.2, 0) is 57.2 Å². The summed E-state index contributed by atoms with van der Waals surface area (Å²) >= 11 is 1.36. The van der Waals surface area contributed by atoms with Crippen LogP contribution in [0.3, 0.4) is 0 Å². The van der Waals surface area contributed by atoms with Crippen LogP contribution in [0, 0.1) is 32.5 Å². The number of hydrogen-bond donors (Lipinski definition) is 5. The van der Waals surface area contributed by atoms with Crippen LogP contribution in [0.2, 0.25) is 0 Å². The Hall–Kier alpha value is -7.29. The second kappa shape index (κ2) is 47.2. The Morgan fingerprint density at radius 2 is 0.574 bits per heavy atom. The highest BCUT2D eigenvalue weighted by atomic mass is 32.2. The number of likely N-dealkylation sites (tertiary alicyclic amines) is 7. The zero-order chi connectivity index (χ0) is 112. The fourth-order valence-corrected chi connectivity index (χ4v) is 33.3. The Balaban J connectivity index is 0.000000118. The Morgan fingerprint density at radius 3 is 0.797 bits per heavy atom. The van der Waals surface area contributed by atoms with E-state index in [1.165, 1.54) is 31.5 Å². The Morgan fingerprint density at radius 1 is 0.331 bits per heavy atom. The van der Waals surface area contributed by atoms with Gasteiger partial charge >= 0.3 is 30.5 Å². The van der Waals surface area contributed by atoms with Crippen LogP contribution in [0.25, 0.3) is 0 Å². The topological polar surface area (TPSA) is 362 Å². The predicted molar refractivity (Wildman–Crippen MR) is 559 cm³/mol. The summed E-state index contributed by atoms with van der Waals surface area (Å²) < 4.78 is 104. The van der Waals surface area contributed by atoms with Crippen LogP contribution in [0.5, 0.6) is 0 Å². The van der Waals surface area contributed by atoms with Crippen molar-refractivity contribution in [3.8, 4) is 0 Å². The second-order valence-corrected chi connectivity index (χ2v) is 50.4. The van der Waals surface area contributed by atoms with E-state index in [1.807, 2.05) is 41.7 Å². The summed E-state index contributed by atoms with van der Waals surface area (Å²) in [5, 5.41) is 15.2. The first-order valence-corrected chi connectivity index (χ1v) is 58.7. The molecular weight excluding hydrogens is 1910 g/mol. The normalized spacial score (nSPS) is 36.2. The molecule has 6 spiro atoms. The molecule has 0 aliphatic carbocycles. The summed E-state index contributed by atoms with van der Waals surface area (Å²) in [6.45, 7) is 15.7. The highest BCUT2D eigenvalue weighted by Gasteiger charge is 2.58. The van der Waals surface area contributed by atoms with Gasteiger partial charge in [0.05, 0.1) is 44.5 Å². The fraction of sp³-hybridized carbons (Fsp3) is 0.892. The lowest BCUT2D eigenvalue weighted by molar-refractivity contribution is -0.128. The van der Waals surface area contributed by atoms with E-state index in [2.05, 4.69) is 60.9 Å². The van der Waals surface area contributed by atoms with E-state index in [1.54, 1.807) is 21.8 Å². The van der Waals surface area contributed by atoms with E-state index in [-0.39, 0.29) is 122 Å². The van der Waals surface area contributed by atoms with Gasteiger partial charge in [-0.15, -0.1) is 0 Å². The van der Waals surface area contributed by atoms with Gasteiger partial charge in [0.1, 0.15) is 0 Å². The number of carbonyl (C=O) groups excluding carboxylic acids is 12. The molecule has 24 fully saturated rings. The van der Waals surface area contributed by atoms with Gasteiger partial charge < -0.3 is 119 Å². The predicted octanol–water partition coefficient (Wildman–Crippen LogP) is 11.5. The lowest BCUT2D eigenvalue weighted by Gasteiger charge is -2.47. The molecule has 12 amide bonds. The average molecular weight is 2100 g/mol. The quantitative estimate of drug-likeness (QED) is 0.101. The third-order valence-electron chi connectivity index (χ3n) is 41.0. The molecule has 36 nitrogen and oxygen atoms in total. The molecule has 0 aromatic rings. The molecule has 24 saturated heterocycles. The van der Waals surface area contributed by atoms with Crippen LogP contribution in [0.1, 0.15) is 325 Å². The number of carbonyl (C=O) groups is 12. The number of thioether (sulfide) groups is 1. The molecular formula is C111H180N18O18S. The van der Waals surface area contributed by atoms with E-state index in [0.29, 0.717) is 124 Å². The third-order valence-corrected chi connectivity index (χ3v) is 41.6. The van der Waals surface area contributed by atoms with Crippen molar-refractivity contribution in [3.05, 3.63) is 0 Å². The zero-order valence-corrected chi connectivity index (χ0v) is 90.1. The molecule has 24 heterocycles. The largest absolute Gasteiger partial charge is 0.450 e. The molecule has 12 unspecified atom stereocenters. The van der Waals surface area contributed by atoms with Gasteiger partial charge in [-0.2, -0.15) is 0 Å². The second-order valence-electron chi connectivity index (χ2n) is 49.7. The van der Waals surface area contributed by atoms with Crippen molar-refractivity contribution >= 4 is 82.9 Å². The summed E-state index contributed by atoms with van der Waals surface area (Å²) in [7, 11) is 1.69. The number of fused-ring (bicyclic) bond motifs is 12. The monoisotopic (exact) mass is 2100 g/mol. The number of piperidine rings is 12. The van der Waals surface area contributed by atoms with E-state index in [0.717, 1.165) is 349 Å². The van der Waals surface area contributed by atoms with Crippen molar-refractivity contribution in [2.75, 3.05) is 171 Å². The minimum Gasteiger partial charge on any atom is -0.450 e. The minimum atomic E-state index is -3.01. The fourth-order valence-electron chi connectivity index (χ4n) is 32.8. The van der Waals surface area contributed by atoms with Gasteiger partial charge in [-0.25, -0.2) is 24.0 Å². The number of nitrogens with zero attached hydrogens (tertiary/aromatic N) is 13. The van der Waals surface area contributed by atoms with Crippen molar-refractivity contribution in [2.45, 2.75) is 426 Å². The van der Waals surface area contributed by atoms with Crippen molar-refractivity contribution in [1.29, 1.82) is 0 Å². The molecule has 5 N–H and O–H groups in total.